The standard InChI is InChI=1S/C13H7N7O2S/c1-23(21,22)20-7-2-3-9-8(4-7)12-13(19-18-9)17-11(6-15)10(5-14)16-12/h2-4,20H,1H3. The van der Waals surface area contributed by atoms with E-state index in [4.69, 9.17) is 10.5 Å². The highest BCUT2D eigenvalue weighted by Gasteiger charge is 2.13. The summed E-state index contributed by atoms with van der Waals surface area (Å²) in [5.41, 5.74) is 0.875. The van der Waals surface area contributed by atoms with E-state index < -0.39 is 10.0 Å². The molecule has 10 heteroatoms. The van der Waals surface area contributed by atoms with Gasteiger partial charge in [0, 0.05) is 11.1 Å². The highest BCUT2D eigenvalue weighted by molar-refractivity contribution is 7.92. The predicted octanol–water partition coefficient (Wildman–Crippen LogP) is 0.688. The largest absolute Gasteiger partial charge is 0.284 e. The molecule has 112 valence electrons. The Bertz CT molecular complexity index is 1140. The monoisotopic (exact) mass is 325 g/mol. The molecule has 23 heavy (non-hydrogen) atoms. The number of anilines is 1. The van der Waals surface area contributed by atoms with Crippen molar-refractivity contribution in [3.05, 3.63) is 29.6 Å². The maximum atomic E-state index is 11.3. The fraction of sp³-hybridized carbons (Fsp3) is 0.0769. The van der Waals surface area contributed by atoms with Crippen LogP contribution in [0, 0.1) is 22.7 Å². The van der Waals surface area contributed by atoms with Crippen molar-refractivity contribution in [2.75, 3.05) is 11.0 Å². The van der Waals surface area contributed by atoms with Gasteiger partial charge >= 0.3 is 0 Å². The lowest BCUT2D eigenvalue weighted by atomic mass is 10.2. The van der Waals surface area contributed by atoms with Crippen LogP contribution in [0.4, 0.5) is 5.69 Å². The van der Waals surface area contributed by atoms with Gasteiger partial charge in [0.1, 0.15) is 17.7 Å². The number of nitrogens with zero attached hydrogens (tertiary/aromatic N) is 6. The lowest BCUT2D eigenvalue weighted by Gasteiger charge is -2.06. The topological polar surface area (TPSA) is 145 Å². The fourth-order valence-corrected chi connectivity index (χ4v) is 2.58. The second kappa shape index (κ2) is 5.12. The van der Waals surface area contributed by atoms with Crippen molar-refractivity contribution in [2.45, 2.75) is 0 Å². The molecule has 2 heterocycles. The number of aromatic nitrogens is 4. The molecule has 0 aliphatic carbocycles. The quantitative estimate of drug-likeness (QED) is 0.677. The SMILES string of the molecule is CS(=O)(=O)Nc1ccc2nnc3nc(C#N)c(C#N)nc3c2c1. The van der Waals surface area contributed by atoms with Crippen LogP contribution in [0.25, 0.3) is 22.1 Å². The second-order valence-corrected chi connectivity index (χ2v) is 6.37. The van der Waals surface area contributed by atoms with Crippen LogP contribution in [0.5, 0.6) is 0 Å². The van der Waals surface area contributed by atoms with Gasteiger partial charge in [0.25, 0.3) is 0 Å². The lowest BCUT2D eigenvalue weighted by molar-refractivity contribution is 0.607. The van der Waals surface area contributed by atoms with Crippen molar-refractivity contribution in [1.29, 1.82) is 10.5 Å². The Hall–Kier alpha value is -3.37. The summed E-state index contributed by atoms with van der Waals surface area (Å²) in [5, 5.41) is 26.3. The summed E-state index contributed by atoms with van der Waals surface area (Å²) in [7, 11) is -3.44. The molecule has 0 unspecified atom stereocenters. The van der Waals surface area contributed by atoms with Crippen molar-refractivity contribution in [1.82, 2.24) is 20.2 Å². The summed E-state index contributed by atoms with van der Waals surface area (Å²) in [5.74, 6) is 0. The third kappa shape index (κ3) is 2.71. The summed E-state index contributed by atoms with van der Waals surface area (Å²) in [4.78, 5) is 8.06. The maximum absolute atomic E-state index is 11.3. The van der Waals surface area contributed by atoms with E-state index in [1.165, 1.54) is 12.1 Å². The Morgan fingerprint density at radius 3 is 2.43 bits per heavy atom. The van der Waals surface area contributed by atoms with Crippen LogP contribution < -0.4 is 4.72 Å². The van der Waals surface area contributed by atoms with Gasteiger partial charge in [0.15, 0.2) is 11.4 Å². The van der Waals surface area contributed by atoms with Crippen LogP contribution in [-0.4, -0.2) is 34.8 Å². The molecule has 0 saturated heterocycles. The predicted molar refractivity (Wildman–Crippen MR) is 80.5 cm³/mol. The average Bonchev–Trinajstić information content (AvgIpc) is 2.51. The molecule has 9 nitrogen and oxygen atoms in total. The summed E-state index contributed by atoms with van der Waals surface area (Å²) in [6.07, 6.45) is 1.03. The van der Waals surface area contributed by atoms with E-state index >= 15 is 0 Å². The second-order valence-electron chi connectivity index (χ2n) is 4.62. The summed E-state index contributed by atoms with van der Waals surface area (Å²) in [6.45, 7) is 0. The fourth-order valence-electron chi connectivity index (χ4n) is 2.02. The van der Waals surface area contributed by atoms with Gasteiger partial charge in [-0.2, -0.15) is 10.5 Å². The molecular formula is C13H7N7O2S. The molecule has 1 aromatic carbocycles. The molecule has 0 aliphatic heterocycles. The first-order valence-electron chi connectivity index (χ1n) is 6.17. The zero-order valence-electron chi connectivity index (χ0n) is 11.6. The molecule has 0 radical (unpaired) electrons. The minimum atomic E-state index is -3.44. The molecule has 1 N–H and O–H groups in total. The van der Waals surface area contributed by atoms with Gasteiger partial charge in [0.2, 0.25) is 15.7 Å². The van der Waals surface area contributed by atoms with Crippen LogP contribution in [0.1, 0.15) is 11.4 Å². The molecule has 0 aliphatic rings. The number of nitriles is 2. The lowest BCUT2D eigenvalue weighted by Crippen LogP contribution is -2.09. The van der Waals surface area contributed by atoms with Gasteiger partial charge < -0.3 is 0 Å². The molecule has 0 bridgehead atoms. The van der Waals surface area contributed by atoms with Crippen molar-refractivity contribution >= 4 is 37.8 Å². The van der Waals surface area contributed by atoms with Crippen molar-refractivity contribution in [3.8, 4) is 12.1 Å². The van der Waals surface area contributed by atoms with Crippen LogP contribution in [-0.2, 0) is 10.0 Å². The number of rotatable bonds is 2. The van der Waals surface area contributed by atoms with E-state index in [0.29, 0.717) is 16.6 Å². The Labute approximate surface area is 130 Å². The Morgan fingerprint density at radius 1 is 1.09 bits per heavy atom. The summed E-state index contributed by atoms with van der Waals surface area (Å²) < 4.78 is 25.0. The van der Waals surface area contributed by atoms with Gasteiger partial charge in [-0.05, 0) is 18.2 Å². The van der Waals surface area contributed by atoms with Crippen molar-refractivity contribution in [2.24, 2.45) is 0 Å². The third-order valence-corrected chi connectivity index (χ3v) is 3.50. The maximum Gasteiger partial charge on any atom is 0.229 e. The van der Waals surface area contributed by atoms with Gasteiger partial charge in [-0.3, -0.25) is 4.72 Å². The number of benzene rings is 1. The molecule has 0 fully saturated rings. The van der Waals surface area contributed by atoms with E-state index in [1.54, 1.807) is 18.2 Å². The summed E-state index contributed by atoms with van der Waals surface area (Å²) >= 11 is 0. The minimum absolute atomic E-state index is 0.101. The molecule has 0 saturated carbocycles. The molecule has 2 aromatic heterocycles. The van der Waals surface area contributed by atoms with Crippen LogP contribution >= 0.6 is 0 Å². The normalized spacial score (nSPS) is 11.1. The number of hydrogen-bond donors (Lipinski definition) is 1. The Balaban J connectivity index is 2.35. The minimum Gasteiger partial charge on any atom is -0.284 e. The van der Waals surface area contributed by atoms with Crippen molar-refractivity contribution in [3.63, 3.8) is 0 Å². The zero-order chi connectivity index (χ0) is 16.6. The van der Waals surface area contributed by atoms with Gasteiger partial charge in [-0.25, -0.2) is 18.4 Å². The number of sulfonamides is 1. The first-order chi connectivity index (χ1) is 10.9. The molecule has 3 rings (SSSR count). The van der Waals surface area contributed by atoms with Crippen molar-refractivity contribution < 1.29 is 8.42 Å². The first kappa shape index (κ1) is 14.6. The Kier molecular flexibility index (Phi) is 3.24. The molecular weight excluding hydrogens is 318 g/mol. The van der Waals surface area contributed by atoms with E-state index in [1.807, 2.05) is 0 Å². The number of hydrogen-bond acceptors (Lipinski definition) is 8. The molecule has 0 amide bonds. The average molecular weight is 325 g/mol. The van der Waals surface area contributed by atoms with E-state index in [2.05, 4.69) is 24.9 Å². The number of nitrogens with one attached hydrogen (secondary N) is 1. The highest BCUT2D eigenvalue weighted by Crippen LogP contribution is 2.24. The van der Waals surface area contributed by atoms with Crippen LogP contribution in [0.3, 0.4) is 0 Å². The van der Waals surface area contributed by atoms with E-state index in [-0.39, 0.29) is 22.6 Å². The molecule has 3 aromatic rings. The van der Waals surface area contributed by atoms with E-state index in [0.717, 1.165) is 6.26 Å². The van der Waals surface area contributed by atoms with Gasteiger partial charge in [-0.1, -0.05) is 0 Å². The smallest absolute Gasteiger partial charge is 0.229 e. The third-order valence-electron chi connectivity index (χ3n) is 2.90. The Morgan fingerprint density at radius 2 is 1.78 bits per heavy atom. The summed E-state index contributed by atoms with van der Waals surface area (Å²) in [6, 6.07) is 8.20. The van der Waals surface area contributed by atoms with E-state index in [9.17, 15) is 8.42 Å². The highest BCUT2D eigenvalue weighted by atomic mass is 32.2. The van der Waals surface area contributed by atoms with Crippen LogP contribution in [0.2, 0.25) is 0 Å². The van der Waals surface area contributed by atoms with Crippen LogP contribution in [0.15, 0.2) is 18.2 Å². The molecule has 0 spiro atoms. The number of fused-ring (bicyclic) bond motifs is 3. The first-order valence-corrected chi connectivity index (χ1v) is 8.06. The molecule has 0 atom stereocenters. The van der Waals surface area contributed by atoms with Gasteiger partial charge in [0.05, 0.1) is 11.8 Å². The zero-order valence-corrected chi connectivity index (χ0v) is 12.5. The van der Waals surface area contributed by atoms with Gasteiger partial charge in [-0.15, -0.1) is 10.2 Å².